The number of methoxy groups -OCH3 is 2. The Morgan fingerprint density at radius 1 is 1.39 bits per heavy atom. The quantitative estimate of drug-likeness (QED) is 0.826. The van der Waals surface area contributed by atoms with Crippen molar-refractivity contribution in [1.29, 1.82) is 0 Å². The van der Waals surface area contributed by atoms with Gasteiger partial charge in [-0.2, -0.15) is 0 Å². The van der Waals surface area contributed by atoms with E-state index in [0.717, 1.165) is 30.8 Å². The molecule has 0 unspecified atom stereocenters. The second kappa shape index (κ2) is 5.87. The molecule has 1 aliphatic rings. The third-order valence-electron chi connectivity index (χ3n) is 3.51. The Morgan fingerprint density at radius 3 is 2.94 bits per heavy atom. The summed E-state index contributed by atoms with van der Waals surface area (Å²) in [5.74, 6) is 0.788. The molecule has 2 atom stereocenters. The summed E-state index contributed by atoms with van der Waals surface area (Å²) in [6, 6.07) is 7.90. The summed E-state index contributed by atoms with van der Waals surface area (Å²) in [5, 5.41) is 3.33. The number of benzene rings is 1. The van der Waals surface area contributed by atoms with Gasteiger partial charge >= 0.3 is 5.97 Å². The fourth-order valence-electron chi connectivity index (χ4n) is 2.51. The van der Waals surface area contributed by atoms with Crippen molar-refractivity contribution in [2.75, 3.05) is 27.3 Å². The number of esters is 1. The molecule has 18 heavy (non-hydrogen) atoms. The first-order valence-electron chi connectivity index (χ1n) is 6.18. The first-order valence-corrected chi connectivity index (χ1v) is 6.18. The maximum absolute atomic E-state index is 11.8. The maximum Gasteiger partial charge on any atom is 0.309 e. The topological polar surface area (TPSA) is 47.6 Å². The molecule has 0 spiro atoms. The van der Waals surface area contributed by atoms with Crippen LogP contribution in [-0.4, -0.2) is 33.3 Å². The summed E-state index contributed by atoms with van der Waals surface area (Å²) >= 11 is 0. The Balaban J connectivity index is 2.24. The van der Waals surface area contributed by atoms with E-state index in [4.69, 9.17) is 9.47 Å². The highest BCUT2D eigenvalue weighted by Gasteiger charge is 2.32. The van der Waals surface area contributed by atoms with Gasteiger partial charge in [0.25, 0.3) is 0 Å². The molecule has 1 saturated heterocycles. The molecule has 98 valence electrons. The van der Waals surface area contributed by atoms with E-state index < -0.39 is 0 Å². The summed E-state index contributed by atoms with van der Waals surface area (Å²) in [4.78, 5) is 11.8. The Hall–Kier alpha value is -1.55. The van der Waals surface area contributed by atoms with Crippen molar-refractivity contribution in [3.05, 3.63) is 29.8 Å². The third kappa shape index (κ3) is 2.64. The van der Waals surface area contributed by atoms with Gasteiger partial charge in [0.1, 0.15) is 5.75 Å². The van der Waals surface area contributed by atoms with Crippen LogP contribution in [0.15, 0.2) is 24.3 Å². The van der Waals surface area contributed by atoms with E-state index in [1.165, 1.54) is 7.11 Å². The lowest BCUT2D eigenvalue weighted by Crippen LogP contribution is -2.39. The van der Waals surface area contributed by atoms with Gasteiger partial charge in [0, 0.05) is 12.5 Å². The first kappa shape index (κ1) is 12.9. The van der Waals surface area contributed by atoms with Crippen LogP contribution in [-0.2, 0) is 9.53 Å². The van der Waals surface area contributed by atoms with Crippen molar-refractivity contribution in [2.45, 2.75) is 12.3 Å². The van der Waals surface area contributed by atoms with Crippen molar-refractivity contribution < 1.29 is 14.3 Å². The summed E-state index contributed by atoms with van der Waals surface area (Å²) in [6.45, 7) is 1.66. The van der Waals surface area contributed by atoms with Crippen LogP contribution in [0.25, 0.3) is 0 Å². The summed E-state index contributed by atoms with van der Waals surface area (Å²) in [5.41, 5.74) is 1.12. The molecular formula is C14H19NO3. The minimum atomic E-state index is -0.121. The molecule has 1 aliphatic heterocycles. The van der Waals surface area contributed by atoms with E-state index in [-0.39, 0.29) is 17.8 Å². The molecule has 2 rings (SSSR count). The van der Waals surface area contributed by atoms with Gasteiger partial charge in [-0.25, -0.2) is 0 Å². The molecule has 1 heterocycles. The molecule has 0 saturated carbocycles. The molecule has 1 aromatic rings. The van der Waals surface area contributed by atoms with Crippen molar-refractivity contribution >= 4 is 5.97 Å². The molecule has 1 aromatic carbocycles. The van der Waals surface area contributed by atoms with Crippen molar-refractivity contribution in [3.8, 4) is 5.75 Å². The van der Waals surface area contributed by atoms with Crippen molar-refractivity contribution in [3.63, 3.8) is 0 Å². The standard InChI is InChI=1S/C14H19NO3/c1-17-11-5-3-4-10(8-11)13-9-15-7-6-12(13)14(16)18-2/h3-5,8,12-13,15H,6-7,9H2,1-2H3/t12-,13+/m0/s1. The highest BCUT2D eigenvalue weighted by Crippen LogP contribution is 2.31. The fraction of sp³-hybridized carbons (Fsp3) is 0.500. The number of hydrogen-bond donors (Lipinski definition) is 1. The van der Waals surface area contributed by atoms with Gasteiger partial charge in [-0.05, 0) is 30.7 Å². The predicted octanol–water partition coefficient (Wildman–Crippen LogP) is 1.56. The Bertz CT molecular complexity index is 419. The molecule has 0 radical (unpaired) electrons. The van der Waals surface area contributed by atoms with E-state index in [9.17, 15) is 4.79 Å². The third-order valence-corrected chi connectivity index (χ3v) is 3.51. The van der Waals surface area contributed by atoms with E-state index in [1.807, 2.05) is 24.3 Å². The zero-order chi connectivity index (χ0) is 13.0. The first-order chi connectivity index (χ1) is 8.76. The Morgan fingerprint density at radius 2 is 2.22 bits per heavy atom. The lowest BCUT2D eigenvalue weighted by molar-refractivity contribution is -0.147. The van der Waals surface area contributed by atoms with E-state index in [2.05, 4.69) is 5.32 Å². The number of ether oxygens (including phenoxy) is 2. The minimum absolute atomic E-state index is 0.0663. The molecule has 0 aliphatic carbocycles. The monoisotopic (exact) mass is 249 g/mol. The van der Waals surface area contributed by atoms with Gasteiger partial charge in [0.15, 0.2) is 0 Å². The molecule has 4 nitrogen and oxygen atoms in total. The van der Waals surface area contributed by atoms with Crippen LogP contribution in [0.1, 0.15) is 17.9 Å². The summed E-state index contributed by atoms with van der Waals surface area (Å²) in [7, 11) is 3.10. The van der Waals surface area contributed by atoms with Crippen LogP contribution < -0.4 is 10.1 Å². The molecular weight excluding hydrogens is 230 g/mol. The second-order valence-electron chi connectivity index (χ2n) is 4.51. The number of carbonyl (C=O) groups is 1. The number of rotatable bonds is 3. The molecule has 1 fully saturated rings. The zero-order valence-corrected chi connectivity index (χ0v) is 10.8. The largest absolute Gasteiger partial charge is 0.497 e. The van der Waals surface area contributed by atoms with Gasteiger partial charge in [-0.1, -0.05) is 12.1 Å². The van der Waals surface area contributed by atoms with Crippen molar-refractivity contribution in [2.24, 2.45) is 5.92 Å². The molecule has 0 amide bonds. The van der Waals surface area contributed by atoms with Gasteiger partial charge in [-0.3, -0.25) is 4.79 Å². The van der Waals surface area contributed by atoms with Crippen LogP contribution in [0.4, 0.5) is 0 Å². The van der Waals surface area contributed by atoms with Gasteiger partial charge in [-0.15, -0.1) is 0 Å². The van der Waals surface area contributed by atoms with Gasteiger partial charge in [0.05, 0.1) is 20.1 Å². The molecule has 1 N–H and O–H groups in total. The zero-order valence-electron chi connectivity index (χ0n) is 10.8. The minimum Gasteiger partial charge on any atom is -0.497 e. The van der Waals surface area contributed by atoms with E-state index in [1.54, 1.807) is 7.11 Å². The van der Waals surface area contributed by atoms with Crippen molar-refractivity contribution in [1.82, 2.24) is 5.32 Å². The van der Waals surface area contributed by atoms with E-state index >= 15 is 0 Å². The normalized spacial score (nSPS) is 23.4. The summed E-state index contributed by atoms with van der Waals surface area (Å²) in [6.07, 6.45) is 0.814. The molecule has 0 bridgehead atoms. The van der Waals surface area contributed by atoms with Crippen LogP contribution in [0.2, 0.25) is 0 Å². The smallest absolute Gasteiger partial charge is 0.309 e. The highest BCUT2D eigenvalue weighted by molar-refractivity contribution is 5.74. The van der Waals surface area contributed by atoms with Crippen LogP contribution in [0, 0.1) is 5.92 Å². The van der Waals surface area contributed by atoms with Gasteiger partial charge < -0.3 is 14.8 Å². The fourth-order valence-corrected chi connectivity index (χ4v) is 2.51. The average molecular weight is 249 g/mol. The number of carbonyl (C=O) groups excluding carboxylic acids is 1. The Labute approximate surface area is 107 Å². The predicted molar refractivity (Wildman–Crippen MR) is 68.7 cm³/mol. The summed E-state index contributed by atoms with van der Waals surface area (Å²) < 4.78 is 10.1. The Kier molecular flexibility index (Phi) is 4.20. The average Bonchev–Trinajstić information content (AvgIpc) is 2.46. The van der Waals surface area contributed by atoms with Crippen LogP contribution in [0.3, 0.4) is 0 Å². The van der Waals surface area contributed by atoms with Gasteiger partial charge in [0.2, 0.25) is 0 Å². The number of piperidine rings is 1. The molecule has 0 aromatic heterocycles. The van der Waals surface area contributed by atoms with E-state index in [0.29, 0.717) is 0 Å². The molecule has 4 heteroatoms. The highest BCUT2D eigenvalue weighted by atomic mass is 16.5. The number of hydrogen-bond acceptors (Lipinski definition) is 4. The second-order valence-corrected chi connectivity index (χ2v) is 4.51. The lowest BCUT2D eigenvalue weighted by atomic mass is 9.81. The number of nitrogens with one attached hydrogen (secondary N) is 1. The SMILES string of the molecule is COC(=O)[C@H]1CCNC[C@@H]1c1cccc(OC)c1. The van der Waals surface area contributed by atoms with Crippen LogP contribution >= 0.6 is 0 Å². The van der Waals surface area contributed by atoms with Crippen LogP contribution in [0.5, 0.6) is 5.75 Å². The maximum atomic E-state index is 11.8. The lowest BCUT2D eigenvalue weighted by Gasteiger charge is -2.30.